The summed E-state index contributed by atoms with van der Waals surface area (Å²) in [6, 6.07) is 3.07. The van der Waals surface area contributed by atoms with Crippen LogP contribution >= 0.6 is 38.6 Å². The Kier molecular flexibility index (Phi) is 20.3. The number of nitrogens with one attached hydrogen (secondary N) is 2. The average Bonchev–Trinajstić information content (AvgIpc) is 4.15. The molecule has 0 saturated carbocycles. The van der Waals surface area contributed by atoms with Gasteiger partial charge in [0.2, 0.25) is 0 Å². The number of methoxy groups -OCH3 is 2. The van der Waals surface area contributed by atoms with Gasteiger partial charge in [-0.15, -0.1) is 22.7 Å². The van der Waals surface area contributed by atoms with Crippen molar-refractivity contribution in [2.75, 3.05) is 52.4 Å². The van der Waals surface area contributed by atoms with E-state index in [2.05, 4.69) is 46.5 Å². The van der Waals surface area contributed by atoms with Crippen molar-refractivity contribution < 1.29 is 65.9 Å². The summed E-state index contributed by atoms with van der Waals surface area (Å²) in [7, 11) is 2.50. The maximum atomic E-state index is 14.5. The van der Waals surface area contributed by atoms with Gasteiger partial charge in [0.1, 0.15) is 12.1 Å². The summed E-state index contributed by atoms with van der Waals surface area (Å²) >= 11 is 6.06. The van der Waals surface area contributed by atoms with Gasteiger partial charge in [-0.05, 0) is 79.6 Å². The molecule has 0 unspecified atom stereocenters. The van der Waals surface area contributed by atoms with Crippen LogP contribution in [0.2, 0.25) is 0 Å². The van der Waals surface area contributed by atoms with Gasteiger partial charge in [-0.2, -0.15) is 0 Å². The molecular formula is C49H50BrF4N7O10S2. The van der Waals surface area contributed by atoms with E-state index in [1.807, 2.05) is 4.90 Å². The number of hydrogen-bond donors (Lipinski definition) is 4. The first-order chi connectivity index (χ1) is 35.0. The molecular weight excluding hydrogens is 1070 g/mol. The van der Waals surface area contributed by atoms with Crippen LogP contribution in [0, 0.1) is 37.1 Å². The largest absolute Gasteiger partial charge is 0.478 e. The minimum Gasteiger partial charge on any atom is -0.478 e. The number of allylic oxidation sites excluding steroid dienone is 1. The molecule has 24 heteroatoms. The van der Waals surface area contributed by atoms with Gasteiger partial charge in [-0.3, -0.25) is 14.9 Å². The third kappa shape index (κ3) is 14.4. The topological polar surface area (TPSA) is 223 Å². The van der Waals surface area contributed by atoms with Crippen LogP contribution in [-0.2, 0) is 38.1 Å². The van der Waals surface area contributed by atoms with E-state index in [1.165, 1.54) is 68.9 Å². The predicted molar refractivity (Wildman–Crippen MR) is 266 cm³/mol. The smallest absolute Gasteiger partial charge is 0.338 e. The van der Waals surface area contributed by atoms with Crippen LogP contribution in [0.1, 0.15) is 63.6 Å². The number of ether oxygens (including phenoxy) is 4. The average molecular weight is 1120 g/mol. The van der Waals surface area contributed by atoms with Gasteiger partial charge in [-0.25, -0.2) is 46.7 Å². The first kappa shape index (κ1) is 55.9. The highest BCUT2D eigenvalue weighted by atomic mass is 79.9. The van der Waals surface area contributed by atoms with Crippen molar-refractivity contribution in [1.82, 2.24) is 25.5 Å². The van der Waals surface area contributed by atoms with Crippen LogP contribution in [0.25, 0.3) is 0 Å². The molecule has 0 radical (unpaired) electrons. The second-order valence-corrected chi connectivity index (χ2v) is 18.5. The van der Waals surface area contributed by atoms with E-state index in [0.717, 1.165) is 50.2 Å². The number of hydrogen-bond acceptors (Lipinski definition) is 17. The summed E-state index contributed by atoms with van der Waals surface area (Å²) in [5.41, 5.74) is 2.24. The molecule has 388 valence electrons. The lowest BCUT2D eigenvalue weighted by molar-refractivity contribution is -0.137. The van der Waals surface area contributed by atoms with Gasteiger partial charge in [0.25, 0.3) is 0 Å². The van der Waals surface area contributed by atoms with Gasteiger partial charge in [0.05, 0.1) is 44.2 Å². The Morgan fingerprint density at radius 1 is 0.753 bits per heavy atom. The number of carboxylic acid groups (broad SMARTS) is 2. The van der Waals surface area contributed by atoms with Gasteiger partial charge >= 0.3 is 23.9 Å². The van der Waals surface area contributed by atoms with E-state index in [9.17, 15) is 36.7 Å². The van der Waals surface area contributed by atoms with Gasteiger partial charge in [0, 0.05) is 78.3 Å². The highest BCUT2D eigenvalue weighted by Gasteiger charge is 2.36. The second-order valence-electron chi connectivity index (χ2n) is 16.2. The molecule has 2 saturated heterocycles. The van der Waals surface area contributed by atoms with Crippen LogP contribution in [0.5, 0.6) is 0 Å². The number of benzene rings is 2. The number of aliphatic carboxylic acids is 2. The van der Waals surface area contributed by atoms with Crippen molar-refractivity contribution in [1.29, 1.82) is 0 Å². The first-order valence-corrected chi connectivity index (χ1v) is 25.3. The summed E-state index contributed by atoms with van der Waals surface area (Å²) in [5, 5.41) is 28.6. The summed E-state index contributed by atoms with van der Waals surface area (Å²) in [6.07, 6.45) is 11.3. The number of carbonyl (C=O) groups is 4. The highest BCUT2D eigenvalue weighted by Crippen LogP contribution is 2.38. The Balaban J connectivity index is 0.000000204. The van der Waals surface area contributed by atoms with Gasteiger partial charge in [0.15, 0.2) is 45.0 Å². The third-order valence-corrected chi connectivity index (χ3v) is 13.6. The predicted octanol–water partition coefficient (Wildman–Crippen LogP) is 7.43. The van der Waals surface area contributed by atoms with Crippen LogP contribution < -0.4 is 10.6 Å². The molecule has 4 N–H and O–H groups in total. The summed E-state index contributed by atoms with van der Waals surface area (Å²) < 4.78 is 76.9. The number of aromatic nitrogens is 2. The Hall–Kier alpha value is -6.44. The molecule has 4 aromatic rings. The lowest BCUT2D eigenvalue weighted by Crippen LogP contribution is -2.46. The Morgan fingerprint density at radius 2 is 1.25 bits per heavy atom. The van der Waals surface area contributed by atoms with Crippen LogP contribution in [-0.4, -0.2) is 125 Å². The van der Waals surface area contributed by atoms with Crippen molar-refractivity contribution in [3.8, 4) is 0 Å². The monoisotopic (exact) mass is 1120 g/mol. The van der Waals surface area contributed by atoms with E-state index >= 15 is 0 Å². The Bertz CT molecular complexity index is 2840. The molecule has 2 aromatic heterocycles. The fourth-order valence-electron chi connectivity index (χ4n) is 7.91. The number of thiazole rings is 2. The number of amidine groups is 2. The Morgan fingerprint density at radius 3 is 1.70 bits per heavy atom. The number of esters is 2. The normalized spacial score (nSPS) is 20.2. The fraction of sp³-hybridized carbons (Fsp3) is 0.347. The number of halogens is 5. The third-order valence-electron chi connectivity index (χ3n) is 11.5. The van der Waals surface area contributed by atoms with E-state index in [0.29, 0.717) is 69.2 Å². The first-order valence-electron chi connectivity index (χ1n) is 22.4. The number of rotatable bonds is 13. The highest BCUT2D eigenvalue weighted by molar-refractivity contribution is 9.09. The van der Waals surface area contributed by atoms with Crippen molar-refractivity contribution in [2.24, 2.45) is 9.98 Å². The zero-order valence-corrected chi connectivity index (χ0v) is 42.9. The number of aliphatic imine (C=N–C) groups is 2. The van der Waals surface area contributed by atoms with E-state index in [-0.39, 0.29) is 34.9 Å². The summed E-state index contributed by atoms with van der Waals surface area (Å²) in [6.45, 7) is 5.15. The number of carbonyl (C=O) groups excluding carboxylic acids is 2. The van der Waals surface area contributed by atoms with E-state index in [4.69, 9.17) is 29.2 Å². The molecule has 8 rings (SSSR count). The summed E-state index contributed by atoms with van der Waals surface area (Å²) in [5.74, 6) is -6.31. The van der Waals surface area contributed by atoms with E-state index < -0.39 is 65.3 Å². The molecule has 6 heterocycles. The van der Waals surface area contributed by atoms with Gasteiger partial charge in [-0.1, -0.05) is 28.1 Å². The molecule has 2 fully saturated rings. The minimum absolute atomic E-state index is 0.0276. The Labute approximate surface area is 433 Å². The van der Waals surface area contributed by atoms with Gasteiger partial charge < -0.3 is 39.8 Å². The SMILES string of the molecule is COC(=O)C1=C(CBr)NC(c2nccs2)=N[C@H]1c1ccc(F)c(F)c1C.COC(=O)C1=C(CN2CCO[C@H](/C=C/C(=O)O)C2)NC(c2nccs2)=N[C@H]1c1ccc(F)c(F)c1C.O=C(O)/C=C/[C@@H]1CCCCO1. The molecule has 2 aromatic carbocycles. The molecule has 0 amide bonds. The standard InChI is InChI=1S/C24H24F2N4O5S.C17H14BrF2N3O2S.C8H12O3/c1-13-15(4-5-16(25)20(13)26)21-19(24(33)34-2)17(28-22(29-21)23-27-7-10-36-23)12-30-8-9-35-14(11-30)3-6-18(31)32;1-8-9(3-4-10(19)13(8)20)14-12(17(24)25-2)11(7-18)22-15(23-14)16-21-5-6-26-16;9-8(10)5-4-7-3-1-2-6-11-7/h3-7,10,14,21H,8-9,11-12H2,1-2H3,(H,28,29)(H,31,32);3-6,14H,7H2,1-2H3,(H,22,23);4-5,7H,1-3,6H2,(H,9,10)/b6-3+;;5-4+/t14-,21+;14-;7-/m100/s1. The molecule has 73 heavy (non-hydrogen) atoms. The van der Waals surface area contributed by atoms with Crippen molar-refractivity contribution >= 4 is 74.2 Å². The second kappa shape index (κ2) is 26.5. The maximum Gasteiger partial charge on any atom is 0.338 e. The van der Waals surface area contributed by atoms with Crippen LogP contribution in [0.15, 0.2) is 104 Å². The molecule has 17 nitrogen and oxygen atoms in total. The molecule has 4 aliphatic rings. The lowest BCUT2D eigenvalue weighted by atomic mass is 9.92. The van der Waals surface area contributed by atoms with Crippen molar-refractivity contribution in [3.63, 3.8) is 0 Å². The zero-order valence-electron chi connectivity index (χ0n) is 39.7. The van der Waals surface area contributed by atoms with Crippen LogP contribution in [0.3, 0.4) is 0 Å². The van der Waals surface area contributed by atoms with E-state index in [1.54, 1.807) is 29.2 Å². The number of carboxylic acids is 2. The quantitative estimate of drug-likeness (QED) is 0.0442. The minimum atomic E-state index is -1.07. The molecule has 0 spiro atoms. The van der Waals surface area contributed by atoms with Crippen LogP contribution in [0.4, 0.5) is 17.6 Å². The zero-order chi connectivity index (χ0) is 52.8. The number of alkyl halides is 1. The molecule has 0 aliphatic carbocycles. The summed E-state index contributed by atoms with van der Waals surface area (Å²) in [4.78, 5) is 66.1. The fourth-order valence-corrected chi connectivity index (χ4v) is 9.53. The molecule has 4 aliphatic heterocycles. The van der Waals surface area contributed by atoms with Crippen molar-refractivity contribution in [3.05, 3.63) is 150 Å². The number of morpholine rings is 1. The van der Waals surface area contributed by atoms with Crippen molar-refractivity contribution in [2.45, 2.75) is 57.4 Å². The molecule has 0 bridgehead atoms. The maximum absolute atomic E-state index is 14.5. The number of nitrogens with zero attached hydrogens (tertiary/aromatic N) is 5. The lowest BCUT2D eigenvalue weighted by Gasteiger charge is -2.34. The molecule has 4 atom stereocenters.